The molecule has 1 saturated carbocycles. The third-order valence-corrected chi connectivity index (χ3v) is 4.59. The molecule has 0 saturated heterocycles. The van der Waals surface area contributed by atoms with E-state index in [9.17, 15) is 10.1 Å². The first-order valence-electron chi connectivity index (χ1n) is 6.89. The largest absolute Gasteiger partial charge is 0.382 e. The second-order valence-electron chi connectivity index (χ2n) is 5.34. The molecule has 0 aromatic heterocycles. The SMILES string of the molecule is O=[N+]([O-])c1cc(NC2CC(c3ccccc3)C2)ccc1Br. The van der Waals surface area contributed by atoms with E-state index in [2.05, 4.69) is 45.5 Å². The van der Waals surface area contributed by atoms with Gasteiger partial charge in [-0.25, -0.2) is 0 Å². The molecule has 108 valence electrons. The first kappa shape index (κ1) is 14.1. The van der Waals surface area contributed by atoms with Gasteiger partial charge < -0.3 is 5.32 Å². The molecule has 0 spiro atoms. The number of halogens is 1. The van der Waals surface area contributed by atoms with Gasteiger partial charge in [0.2, 0.25) is 0 Å². The van der Waals surface area contributed by atoms with Gasteiger partial charge in [-0.2, -0.15) is 0 Å². The van der Waals surface area contributed by atoms with Gasteiger partial charge in [0.25, 0.3) is 5.69 Å². The molecule has 5 heteroatoms. The van der Waals surface area contributed by atoms with Crippen molar-refractivity contribution in [2.75, 3.05) is 5.32 Å². The zero-order valence-electron chi connectivity index (χ0n) is 11.3. The normalized spacial score (nSPS) is 20.6. The lowest BCUT2D eigenvalue weighted by Gasteiger charge is -2.36. The van der Waals surface area contributed by atoms with Crippen molar-refractivity contribution in [3.05, 3.63) is 68.7 Å². The van der Waals surface area contributed by atoms with Crippen molar-refractivity contribution >= 4 is 27.3 Å². The fourth-order valence-corrected chi connectivity index (χ4v) is 3.10. The first-order valence-corrected chi connectivity index (χ1v) is 7.68. The molecule has 2 aromatic rings. The van der Waals surface area contributed by atoms with Crippen LogP contribution in [-0.4, -0.2) is 11.0 Å². The topological polar surface area (TPSA) is 55.2 Å². The minimum absolute atomic E-state index is 0.0962. The van der Waals surface area contributed by atoms with Crippen molar-refractivity contribution < 1.29 is 4.92 Å². The van der Waals surface area contributed by atoms with E-state index in [1.807, 2.05) is 12.1 Å². The van der Waals surface area contributed by atoms with Crippen LogP contribution in [0.1, 0.15) is 24.3 Å². The van der Waals surface area contributed by atoms with Crippen LogP contribution in [0.5, 0.6) is 0 Å². The van der Waals surface area contributed by atoms with E-state index in [4.69, 9.17) is 0 Å². The van der Waals surface area contributed by atoms with E-state index in [1.165, 1.54) is 5.56 Å². The van der Waals surface area contributed by atoms with Crippen LogP contribution >= 0.6 is 15.9 Å². The Kier molecular flexibility index (Phi) is 3.92. The van der Waals surface area contributed by atoms with Gasteiger partial charge in [-0.05, 0) is 52.4 Å². The molecule has 3 rings (SSSR count). The van der Waals surface area contributed by atoms with Crippen molar-refractivity contribution in [1.82, 2.24) is 0 Å². The van der Waals surface area contributed by atoms with Crippen molar-refractivity contribution in [1.29, 1.82) is 0 Å². The molecule has 0 unspecified atom stereocenters. The van der Waals surface area contributed by atoms with Gasteiger partial charge in [-0.3, -0.25) is 10.1 Å². The molecule has 4 nitrogen and oxygen atoms in total. The highest BCUT2D eigenvalue weighted by atomic mass is 79.9. The zero-order chi connectivity index (χ0) is 14.8. The maximum Gasteiger partial charge on any atom is 0.285 e. The fourth-order valence-electron chi connectivity index (χ4n) is 2.71. The average Bonchev–Trinajstić information content (AvgIpc) is 2.44. The minimum Gasteiger partial charge on any atom is -0.382 e. The Morgan fingerprint density at radius 2 is 1.86 bits per heavy atom. The van der Waals surface area contributed by atoms with Gasteiger partial charge in [0.1, 0.15) is 0 Å². The van der Waals surface area contributed by atoms with E-state index in [0.29, 0.717) is 16.4 Å². The van der Waals surface area contributed by atoms with Crippen LogP contribution in [0.15, 0.2) is 53.0 Å². The van der Waals surface area contributed by atoms with Gasteiger partial charge in [0, 0.05) is 17.8 Å². The number of hydrogen-bond acceptors (Lipinski definition) is 3. The van der Waals surface area contributed by atoms with Gasteiger partial charge in [-0.15, -0.1) is 0 Å². The Bertz CT molecular complexity index is 655. The summed E-state index contributed by atoms with van der Waals surface area (Å²) in [5.74, 6) is 0.592. The predicted octanol–water partition coefficient (Wildman–Crippen LogP) is 4.72. The molecule has 2 aromatic carbocycles. The summed E-state index contributed by atoms with van der Waals surface area (Å²) in [5.41, 5.74) is 2.28. The van der Waals surface area contributed by atoms with Crippen LogP contribution in [-0.2, 0) is 0 Å². The highest BCUT2D eigenvalue weighted by Crippen LogP contribution is 2.39. The van der Waals surface area contributed by atoms with Gasteiger partial charge >= 0.3 is 0 Å². The molecule has 1 N–H and O–H groups in total. The lowest BCUT2D eigenvalue weighted by Crippen LogP contribution is -2.33. The quantitative estimate of drug-likeness (QED) is 0.643. The highest BCUT2D eigenvalue weighted by molar-refractivity contribution is 9.10. The number of nitro benzene ring substituents is 1. The standard InChI is InChI=1S/C16H15BrN2O2/c17-15-7-6-13(10-16(15)19(20)21)18-14-8-12(9-14)11-4-2-1-3-5-11/h1-7,10,12,14,18H,8-9H2. The van der Waals surface area contributed by atoms with E-state index < -0.39 is 0 Å². The number of nitrogens with one attached hydrogen (secondary N) is 1. The Morgan fingerprint density at radius 1 is 1.14 bits per heavy atom. The van der Waals surface area contributed by atoms with Crippen molar-refractivity contribution in [2.45, 2.75) is 24.8 Å². The third kappa shape index (κ3) is 3.08. The summed E-state index contributed by atoms with van der Waals surface area (Å²) < 4.78 is 0.508. The average molecular weight is 347 g/mol. The van der Waals surface area contributed by atoms with E-state index >= 15 is 0 Å². The zero-order valence-corrected chi connectivity index (χ0v) is 12.9. The Hall–Kier alpha value is -1.88. The van der Waals surface area contributed by atoms with Gasteiger partial charge in [-0.1, -0.05) is 30.3 Å². The summed E-state index contributed by atoms with van der Waals surface area (Å²) in [6.45, 7) is 0. The number of nitrogens with zero attached hydrogens (tertiary/aromatic N) is 1. The van der Waals surface area contributed by atoms with E-state index in [1.54, 1.807) is 12.1 Å². The molecule has 1 aliphatic carbocycles. The molecule has 1 fully saturated rings. The lowest BCUT2D eigenvalue weighted by molar-refractivity contribution is -0.385. The number of nitro groups is 1. The maximum atomic E-state index is 10.9. The van der Waals surface area contributed by atoms with E-state index in [0.717, 1.165) is 18.5 Å². The fraction of sp³-hybridized carbons (Fsp3) is 0.250. The minimum atomic E-state index is -0.372. The number of rotatable bonds is 4. The molecular formula is C16H15BrN2O2. The molecule has 0 radical (unpaired) electrons. The van der Waals surface area contributed by atoms with Gasteiger partial charge in [0.15, 0.2) is 0 Å². The maximum absolute atomic E-state index is 10.9. The summed E-state index contributed by atoms with van der Waals surface area (Å²) in [5, 5.41) is 14.3. The van der Waals surface area contributed by atoms with E-state index in [-0.39, 0.29) is 10.6 Å². The molecule has 0 heterocycles. The second-order valence-corrected chi connectivity index (χ2v) is 6.20. The molecule has 0 amide bonds. The molecule has 21 heavy (non-hydrogen) atoms. The summed E-state index contributed by atoms with van der Waals surface area (Å²) in [4.78, 5) is 10.6. The molecular weight excluding hydrogens is 332 g/mol. The van der Waals surface area contributed by atoms with Crippen LogP contribution in [0.3, 0.4) is 0 Å². The number of anilines is 1. The van der Waals surface area contributed by atoms with Crippen LogP contribution in [0.25, 0.3) is 0 Å². The number of benzene rings is 2. The van der Waals surface area contributed by atoms with Crippen molar-refractivity contribution in [3.8, 4) is 0 Å². The Balaban J connectivity index is 1.62. The molecule has 0 atom stereocenters. The number of hydrogen-bond donors (Lipinski definition) is 1. The lowest BCUT2D eigenvalue weighted by atomic mass is 9.76. The Morgan fingerprint density at radius 3 is 2.52 bits per heavy atom. The highest BCUT2D eigenvalue weighted by Gasteiger charge is 2.30. The Labute approximate surface area is 131 Å². The summed E-state index contributed by atoms with van der Waals surface area (Å²) >= 11 is 3.20. The van der Waals surface area contributed by atoms with Crippen LogP contribution in [0, 0.1) is 10.1 Å². The molecule has 0 bridgehead atoms. The third-order valence-electron chi connectivity index (χ3n) is 3.92. The van der Waals surface area contributed by atoms with Crippen LogP contribution in [0.4, 0.5) is 11.4 Å². The molecule has 1 aliphatic rings. The van der Waals surface area contributed by atoms with Crippen molar-refractivity contribution in [2.24, 2.45) is 0 Å². The van der Waals surface area contributed by atoms with Crippen LogP contribution in [0.2, 0.25) is 0 Å². The van der Waals surface area contributed by atoms with Gasteiger partial charge in [0.05, 0.1) is 9.40 Å². The summed E-state index contributed by atoms with van der Waals surface area (Å²) in [7, 11) is 0. The first-order chi connectivity index (χ1) is 10.1. The summed E-state index contributed by atoms with van der Waals surface area (Å²) in [6.07, 6.45) is 2.13. The van der Waals surface area contributed by atoms with Crippen molar-refractivity contribution in [3.63, 3.8) is 0 Å². The smallest absolute Gasteiger partial charge is 0.285 e. The second kappa shape index (κ2) is 5.85. The predicted molar refractivity (Wildman–Crippen MR) is 86.6 cm³/mol. The van der Waals surface area contributed by atoms with Crippen LogP contribution < -0.4 is 5.32 Å². The molecule has 0 aliphatic heterocycles. The monoisotopic (exact) mass is 346 g/mol. The summed E-state index contributed by atoms with van der Waals surface area (Å²) in [6, 6.07) is 16.0.